The number of para-hydroxylation sites is 1. The highest BCUT2D eigenvalue weighted by molar-refractivity contribution is 5.53. The van der Waals surface area contributed by atoms with Crippen molar-refractivity contribution >= 4 is 5.69 Å². The van der Waals surface area contributed by atoms with Crippen LogP contribution in [0.1, 0.15) is 44.6 Å². The predicted octanol–water partition coefficient (Wildman–Crippen LogP) is 3.45. The third kappa shape index (κ3) is 4.99. The Balaban J connectivity index is 0.000000172. The number of aliphatic hydroxyl groups excluding tert-OH is 1. The van der Waals surface area contributed by atoms with Gasteiger partial charge in [0.2, 0.25) is 0 Å². The van der Waals surface area contributed by atoms with Gasteiger partial charge >= 0.3 is 0 Å². The van der Waals surface area contributed by atoms with Crippen LogP contribution in [0.5, 0.6) is 0 Å². The minimum atomic E-state index is -0.0452. The number of piperidine rings is 2. The molecule has 0 aliphatic carbocycles. The first-order valence-corrected chi connectivity index (χ1v) is 8.77. The molecule has 2 unspecified atom stereocenters. The van der Waals surface area contributed by atoms with Crippen LogP contribution in [0.2, 0.25) is 0 Å². The lowest BCUT2D eigenvalue weighted by molar-refractivity contribution is 0.0624. The van der Waals surface area contributed by atoms with Crippen LogP contribution in [0, 0.1) is 6.92 Å². The van der Waals surface area contributed by atoms with Crippen LogP contribution in [0.4, 0.5) is 5.69 Å². The lowest BCUT2D eigenvalue weighted by Crippen LogP contribution is -2.39. The summed E-state index contributed by atoms with van der Waals surface area (Å²) in [4.78, 5) is 4.80. The van der Waals surface area contributed by atoms with Gasteiger partial charge in [-0.25, -0.2) is 0 Å². The molecule has 3 rings (SSSR count). The maximum absolute atomic E-state index is 9.17. The number of likely N-dealkylation sites (tertiary alicyclic amines) is 1. The summed E-state index contributed by atoms with van der Waals surface area (Å²) in [5.74, 6) is 0. The molecule has 2 aliphatic rings. The van der Waals surface area contributed by atoms with Gasteiger partial charge in [-0.15, -0.1) is 0 Å². The fourth-order valence-corrected chi connectivity index (χ4v) is 3.32. The summed E-state index contributed by atoms with van der Waals surface area (Å²) in [7, 11) is 2.11. The molecule has 0 saturated carbocycles. The lowest BCUT2D eigenvalue weighted by Gasteiger charge is -2.32. The van der Waals surface area contributed by atoms with Gasteiger partial charge in [0.25, 0.3) is 0 Å². The van der Waals surface area contributed by atoms with Crippen LogP contribution >= 0.6 is 0 Å². The van der Waals surface area contributed by atoms with Gasteiger partial charge in [-0.05, 0) is 64.6 Å². The van der Waals surface area contributed by atoms with Gasteiger partial charge < -0.3 is 14.9 Å². The van der Waals surface area contributed by atoms with Crippen molar-refractivity contribution in [1.29, 1.82) is 0 Å². The van der Waals surface area contributed by atoms with E-state index >= 15 is 0 Å². The molecule has 3 nitrogen and oxygen atoms in total. The molecular formula is C19H32N2O. The van der Waals surface area contributed by atoms with E-state index in [1.165, 1.54) is 43.6 Å². The zero-order valence-electron chi connectivity index (χ0n) is 14.5. The molecule has 1 aromatic rings. The third-order valence-electron chi connectivity index (χ3n) is 4.99. The number of rotatable bonds is 1. The minimum Gasteiger partial charge on any atom is -0.393 e. The number of anilines is 1. The molecule has 124 valence electrons. The van der Waals surface area contributed by atoms with Gasteiger partial charge in [0, 0.05) is 31.4 Å². The maximum Gasteiger partial charge on any atom is 0.0567 e. The second kappa shape index (κ2) is 8.54. The summed E-state index contributed by atoms with van der Waals surface area (Å²) in [5.41, 5.74) is 2.84. The summed E-state index contributed by atoms with van der Waals surface area (Å²) in [6.07, 6.45) is 5.96. The molecule has 2 fully saturated rings. The molecule has 0 bridgehead atoms. The van der Waals surface area contributed by atoms with Crippen LogP contribution in [0.25, 0.3) is 0 Å². The van der Waals surface area contributed by atoms with Gasteiger partial charge in [-0.3, -0.25) is 0 Å². The number of hydrogen-bond acceptors (Lipinski definition) is 3. The topological polar surface area (TPSA) is 26.7 Å². The van der Waals surface area contributed by atoms with Crippen LogP contribution in [0.3, 0.4) is 0 Å². The highest BCUT2D eigenvalue weighted by atomic mass is 16.3. The van der Waals surface area contributed by atoms with E-state index in [0.29, 0.717) is 6.04 Å². The molecule has 2 saturated heterocycles. The highest BCUT2D eigenvalue weighted by Gasteiger charge is 2.20. The summed E-state index contributed by atoms with van der Waals surface area (Å²) >= 11 is 0. The number of nitrogens with zero attached hydrogens (tertiary/aromatic N) is 2. The fourth-order valence-electron chi connectivity index (χ4n) is 3.32. The Labute approximate surface area is 135 Å². The number of aliphatic hydroxyl groups is 1. The second-order valence-electron chi connectivity index (χ2n) is 6.84. The first kappa shape index (κ1) is 17.3. The molecular weight excluding hydrogens is 272 g/mol. The van der Waals surface area contributed by atoms with Crippen molar-refractivity contribution in [2.75, 3.05) is 31.6 Å². The molecule has 1 aromatic carbocycles. The molecule has 0 spiro atoms. The maximum atomic E-state index is 9.17. The van der Waals surface area contributed by atoms with Crippen LogP contribution in [-0.4, -0.2) is 48.8 Å². The standard InChI is InChI=1S/C12H17N.C7H15NO/c1-11-7-3-4-8-12(11)13-9-5-2-6-10-13;1-6-5-7(9)3-4-8(6)2/h3-4,7-8H,2,5-6,9-10H2,1H3;6-7,9H,3-5H2,1-2H3. The summed E-state index contributed by atoms with van der Waals surface area (Å²) < 4.78 is 0. The summed E-state index contributed by atoms with van der Waals surface area (Å²) in [5, 5.41) is 9.17. The Morgan fingerprint density at radius 1 is 1.05 bits per heavy atom. The van der Waals surface area contributed by atoms with Crippen molar-refractivity contribution in [2.24, 2.45) is 0 Å². The zero-order valence-corrected chi connectivity index (χ0v) is 14.5. The molecule has 3 heteroatoms. The van der Waals surface area contributed by atoms with Gasteiger partial charge in [0.05, 0.1) is 6.10 Å². The smallest absolute Gasteiger partial charge is 0.0567 e. The van der Waals surface area contributed by atoms with E-state index in [2.05, 4.69) is 55.0 Å². The van der Waals surface area contributed by atoms with Crippen LogP contribution in [-0.2, 0) is 0 Å². The van der Waals surface area contributed by atoms with Crippen molar-refractivity contribution in [3.63, 3.8) is 0 Å². The van der Waals surface area contributed by atoms with Gasteiger partial charge in [-0.2, -0.15) is 0 Å². The average Bonchev–Trinajstić information content (AvgIpc) is 2.53. The Morgan fingerprint density at radius 2 is 1.73 bits per heavy atom. The zero-order chi connectivity index (χ0) is 15.9. The minimum absolute atomic E-state index is 0.0452. The Kier molecular flexibility index (Phi) is 6.71. The first-order chi connectivity index (χ1) is 10.6. The van der Waals surface area contributed by atoms with E-state index in [0.717, 1.165) is 19.4 Å². The molecule has 2 atom stereocenters. The predicted molar refractivity (Wildman–Crippen MR) is 94.6 cm³/mol. The SMILES string of the molecule is CC1CC(O)CCN1C.Cc1ccccc1N1CCCCC1. The van der Waals surface area contributed by atoms with Crippen molar-refractivity contribution in [3.8, 4) is 0 Å². The lowest BCUT2D eigenvalue weighted by atomic mass is 10.0. The molecule has 0 amide bonds. The van der Waals surface area contributed by atoms with Gasteiger partial charge in [0.15, 0.2) is 0 Å². The van der Waals surface area contributed by atoms with Crippen LogP contribution in [0.15, 0.2) is 24.3 Å². The quantitative estimate of drug-likeness (QED) is 0.861. The van der Waals surface area contributed by atoms with E-state index in [1.807, 2.05) is 0 Å². The van der Waals surface area contributed by atoms with E-state index in [1.54, 1.807) is 0 Å². The first-order valence-electron chi connectivity index (χ1n) is 8.77. The number of benzene rings is 1. The number of aryl methyl sites for hydroxylation is 1. The van der Waals surface area contributed by atoms with Gasteiger partial charge in [0.1, 0.15) is 0 Å². The Morgan fingerprint density at radius 3 is 2.32 bits per heavy atom. The van der Waals surface area contributed by atoms with Crippen molar-refractivity contribution in [1.82, 2.24) is 4.90 Å². The van der Waals surface area contributed by atoms with Crippen molar-refractivity contribution in [2.45, 2.75) is 58.1 Å². The summed E-state index contributed by atoms with van der Waals surface area (Å²) in [6.45, 7) is 7.88. The summed E-state index contributed by atoms with van der Waals surface area (Å²) in [6, 6.07) is 9.25. The number of hydrogen-bond donors (Lipinski definition) is 1. The Bertz CT molecular complexity index is 443. The molecule has 1 N–H and O–H groups in total. The highest BCUT2D eigenvalue weighted by Crippen LogP contribution is 2.22. The fraction of sp³-hybridized carbons (Fsp3) is 0.684. The molecule has 0 aromatic heterocycles. The largest absolute Gasteiger partial charge is 0.393 e. The normalized spacial score (nSPS) is 26.3. The van der Waals surface area contributed by atoms with Crippen LogP contribution < -0.4 is 4.90 Å². The monoisotopic (exact) mass is 304 g/mol. The van der Waals surface area contributed by atoms with E-state index in [9.17, 15) is 5.11 Å². The van der Waals surface area contributed by atoms with E-state index in [4.69, 9.17) is 0 Å². The van der Waals surface area contributed by atoms with Gasteiger partial charge in [-0.1, -0.05) is 18.2 Å². The average molecular weight is 304 g/mol. The molecule has 2 heterocycles. The molecule has 0 radical (unpaired) electrons. The van der Waals surface area contributed by atoms with E-state index in [-0.39, 0.29) is 6.10 Å². The molecule has 22 heavy (non-hydrogen) atoms. The molecule has 2 aliphatic heterocycles. The van der Waals surface area contributed by atoms with E-state index < -0.39 is 0 Å². The second-order valence-corrected chi connectivity index (χ2v) is 6.84. The van der Waals surface area contributed by atoms with Crippen molar-refractivity contribution < 1.29 is 5.11 Å². The third-order valence-corrected chi connectivity index (χ3v) is 4.99. The Hall–Kier alpha value is -1.06. The van der Waals surface area contributed by atoms with Crippen molar-refractivity contribution in [3.05, 3.63) is 29.8 Å².